The van der Waals surface area contributed by atoms with E-state index in [0.717, 1.165) is 25.2 Å². The van der Waals surface area contributed by atoms with Crippen molar-refractivity contribution in [2.24, 2.45) is 22.4 Å². The van der Waals surface area contributed by atoms with Crippen LogP contribution in [-0.4, -0.2) is 18.3 Å². The summed E-state index contributed by atoms with van der Waals surface area (Å²) in [7, 11) is 0. The Labute approximate surface area is 91.1 Å². The minimum atomic E-state index is -0.234. The van der Waals surface area contributed by atoms with Crippen LogP contribution in [0.3, 0.4) is 0 Å². The molecule has 4 N–H and O–H groups in total. The van der Waals surface area contributed by atoms with Gasteiger partial charge in [-0.25, -0.2) is 0 Å². The fourth-order valence-electron chi connectivity index (χ4n) is 1.97. The second kappa shape index (κ2) is 6.43. The van der Waals surface area contributed by atoms with Gasteiger partial charge in [0.15, 0.2) is 0 Å². The molecule has 0 aromatic carbocycles. The molecule has 0 saturated heterocycles. The first-order valence-electron chi connectivity index (χ1n) is 5.78. The van der Waals surface area contributed by atoms with E-state index in [1.807, 2.05) is 0 Å². The van der Waals surface area contributed by atoms with Crippen molar-refractivity contribution in [3.8, 4) is 0 Å². The number of amidine groups is 1. The summed E-state index contributed by atoms with van der Waals surface area (Å²) in [6.45, 7) is 0.732. The first kappa shape index (κ1) is 12.0. The lowest BCUT2D eigenvalue weighted by Gasteiger charge is -2.07. The largest absolute Gasteiger partial charge is 0.387 e. The number of rotatable bonds is 6. The van der Waals surface area contributed by atoms with Crippen molar-refractivity contribution in [1.82, 2.24) is 0 Å². The second-order valence-electron chi connectivity index (χ2n) is 4.21. The van der Waals surface area contributed by atoms with E-state index in [1.54, 1.807) is 0 Å². The van der Waals surface area contributed by atoms with Gasteiger partial charge in [-0.15, -0.1) is 0 Å². The number of unbranched alkanes of at least 4 members (excludes halogenated alkanes) is 1. The van der Waals surface area contributed by atoms with Crippen molar-refractivity contribution in [3.63, 3.8) is 0 Å². The van der Waals surface area contributed by atoms with E-state index in [4.69, 9.17) is 11.5 Å². The quantitative estimate of drug-likeness (QED) is 0.393. The molecule has 4 heteroatoms. The van der Waals surface area contributed by atoms with E-state index >= 15 is 0 Å². The highest BCUT2D eigenvalue weighted by Gasteiger charge is 2.17. The van der Waals surface area contributed by atoms with Gasteiger partial charge in [0.05, 0.1) is 5.84 Å². The van der Waals surface area contributed by atoms with Gasteiger partial charge in [0, 0.05) is 18.9 Å². The Balaban J connectivity index is 2.11. The van der Waals surface area contributed by atoms with Crippen LogP contribution in [0, 0.1) is 5.92 Å². The zero-order valence-electron chi connectivity index (χ0n) is 9.24. The Kier molecular flexibility index (Phi) is 5.15. The molecular weight excluding hydrogens is 190 g/mol. The third kappa shape index (κ3) is 4.81. The molecule has 0 radical (unpaired) electrons. The zero-order chi connectivity index (χ0) is 11.1. The Hall–Kier alpha value is -1.06. The molecule has 1 saturated carbocycles. The van der Waals surface area contributed by atoms with Gasteiger partial charge in [-0.2, -0.15) is 0 Å². The summed E-state index contributed by atoms with van der Waals surface area (Å²) in [6.07, 6.45) is 7.12. The molecule has 4 nitrogen and oxygen atoms in total. The number of hydrogen-bond donors (Lipinski definition) is 2. The number of nitrogens with zero attached hydrogens (tertiary/aromatic N) is 1. The van der Waals surface area contributed by atoms with Crippen molar-refractivity contribution in [2.45, 2.75) is 44.9 Å². The average Bonchev–Trinajstić information content (AvgIpc) is 2.69. The normalized spacial score (nSPS) is 18.3. The number of amides is 1. The Morgan fingerprint density at radius 3 is 2.47 bits per heavy atom. The lowest BCUT2D eigenvalue weighted by atomic mass is 10.1. The van der Waals surface area contributed by atoms with Crippen molar-refractivity contribution >= 4 is 11.7 Å². The summed E-state index contributed by atoms with van der Waals surface area (Å²) in [5, 5.41) is 0. The van der Waals surface area contributed by atoms with Crippen LogP contribution in [0.5, 0.6) is 0 Å². The van der Waals surface area contributed by atoms with Gasteiger partial charge < -0.3 is 11.5 Å². The van der Waals surface area contributed by atoms with Crippen molar-refractivity contribution in [2.75, 3.05) is 6.54 Å². The van der Waals surface area contributed by atoms with Gasteiger partial charge in [-0.05, 0) is 25.7 Å². The minimum Gasteiger partial charge on any atom is -0.387 e. The molecule has 1 aliphatic rings. The highest BCUT2D eigenvalue weighted by atomic mass is 16.1. The summed E-state index contributed by atoms with van der Waals surface area (Å²) in [5.74, 6) is 1.09. The Morgan fingerprint density at radius 1 is 1.20 bits per heavy atom. The second-order valence-corrected chi connectivity index (χ2v) is 4.21. The van der Waals surface area contributed by atoms with Crippen molar-refractivity contribution in [1.29, 1.82) is 0 Å². The summed E-state index contributed by atoms with van der Waals surface area (Å²) < 4.78 is 0. The summed E-state index contributed by atoms with van der Waals surface area (Å²) in [6, 6.07) is 0. The predicted molar refractivity (Wildman–Crippen MR) is 61.5 cm³/mol. The molecule has 0 unspecified atom stereocenters. The predicted octanol–water partition coefficient (Wildman–Crippen LogP) is 1.19. The van der Waals surface area contributed by atoms with Crippen LogP contribution in [-0.2, 0) is 4.79 Å². The molecule has 0 heterocycles. The van der Waals surface area contributed by atoms with E-state index in [0.29, 0.717) is 12.3 Å². The van der Waals surface area contributed by atoms with Crippen LogP contribution in [0.4, 0.5) is 0 Å². The van der Waals surface area contributed by atoms with Crippen LogP contribution >= 0.6 is 0 Å². The lowest BCUT2D eigenvalue weighted by Crippen LogP contribution is -2.21. The van der Waals surface area contributed by atoms with Crippen LogP contribution in [0.2, 0.25) is 0 Å². The van der Waals surface area contributed by atoms with Gasteiger partial charge in [0.2, 0.25) is 5.91 Å². The van der Waals surface area contributed by atoms with Crippen LogP contribution < -0.4 is 11.5 Å². The van der Waals surface area contributed by atoms with E-state index in [9.17, 15) is 4.79 Å². The van der Waals surface area contributed by atoms with Gasteiger partial charge in [0.25, 0.3) is 0 Å². The highest BCUT2D eigenvalue weighted by Crippen LogP contribution is 2.24. The van der Waals surface area contributed by atoms with Crippen LogP contribution in [0.15, 0.2) is 4.99 Å². The summed E-state index contributed by atoms with van der Waals surface area (Å²) in [5.41, 5.74) is 10.9. The molecule has 0 aliphatic heterocycles. The minimum absolute atomic E-state index is 0.234. The van der Waals surface area contributed by atoms with E-state index in [2.05, 4.69) is 4.99 Å². The molecule has 1 aliphatic carbocycles. The molecule has 1 amide bonds. The van der Waals surface area contributed by atoms with Gasteiger partial charge in [-0.1, -0.05) is 12.8 Å². The monoisotopic (exact) mass is 211 g/mol. The molecule has 0 aromatic rings. The van der Waals surface area contributed by atoms with E-state index in [-0.39, 0.29) is 5.91 Å². The molecule has 86 valence electrons. The fraction of sp³-hybridized carbons (Fsp3) is 0.818. The first-order valence-corrected chi connectivity index (χ1v) is 5.78. The lowest BCUT2D eigenvalue weighted by molar-refractivity contribution is -0.118. The van der Waals surface area contributed by atoms with Crippen molar-refractivity contribution in [3.05, 3.63) is 0 Å². The summed E-state index contributed by atoms with van der Waals surface area (Å²) in [4.78, 5) is 14.8. The average molecular weight is 211 g/mol. The third-order valence-electron chi connectivity index (χ3n) is 2.90. The highest BCUT2D eigenvalue weighted by molar-refractivity contribution is 5.83. The maximum absolute atomic E-state index is 10.5. The van der Waals surface area contributed by atoms with E-state index < -0.39 is 0 Å². The molecule has 0 atom stereocenters. The van der Waals surface area contributed by atoms with Crippen molar-refractivity contribution < 1.29 is 4.79 Å². The topological polar surface area (TPSA) is 81.5 Å². The van der Waals surface area contributed by atoms with Gasteiger partial charge in [-0.3, -0.25) is 9.79 Å². The molecular formula is C11H21N3O. The zero-order valence-corrected chi connectivity index (χ0v) is 9.24. The number of nitrogens with two attached hydrogens (primary N) is 2. The molecule has 1 rings (SSSR count). The number of carbonyl (C=O) groups is 1. The maximum Gasteiger partial charge on any atom is 0.217 e. The number of hydrogen-bond acceptors (Lipinski definition) is 2. The van der Waals surface area contributed by atoms with Gasteiger partial charge in [0.1, 0.15) is 0 Å². The molecule has 15 heavy (non-hydrogen) atoms. The van der Waals surface area contributed by atoms with Crippen LogP contribution in [0.1, 0.15) is 44.9 Å². The van der Waals surface area contributed by atoms with Gasteiger partial charge >= 0.3 is 0 Å². The Morgan fingerprint density at radius 2 is 1.87 bits per heavy atom. The third-order valence-corrected chi connectivity index (χ3v) is 2.90. The van der Waals surface area contributed by atoms with E-state index in [1.165, 1.54) is 25.7 Å². The standard InChI is InChI=1S/C11H21N3O/c12-10(15)7-3-4-8-14-11(13)9-5-1-2-6-9/h9H,1-8H2,(H2,12,15)(H2,13,14). The Bertz CT molecular complexity index is 232. The summed E-state index contributed by atoms with van der Waals surface area (Å²) >= 11 is 0. The molecule has 1 fully saturated rings. The van der Waals surface area contributed by atoms with Crippen LogP contribution in [0.25, 0.3) is 0 Å². The smallest absolute Gasteiger partial charge is 0.217 e. The maximum atomic E-state index is 10.5. The number of aliphatic imine (C=N–C) groups is 1. The fourth-order valence-corrected chi connectivity index (χ4v) is 1.97. The molecule has 0 aromatic heterocycles. The number of carbonyl (C=O) groups excluding carboxylic acids is 1. The SMILES string of the molecule is NC(=O)CCCCN=C(N)C1CCCC1. The molecule has 0 bridgehead atoms. The first-order chi connectivity index (χ1) is 7.20. The molecule has 0 spiro atoms. The number of primary amides is 1.